The molecule has 0 fully saturated rings. The van der Waals surface area contributed by atoms with Gasteiger partial charge in [0.25, 0.3) is 0 Å². The lowest BCUT2D eigenvalue weighted by Crippen LogP contribution is -2.22. The standard InChI is InChI=1S/C23H24N4O4S/c1-26(2)32(30,31)15-8-10-20-19(14-15)24-22(27(20)3)12-13-23(29)25-18-9-11-21(28)17-7-5-4-6-16(17)18/h4-11,14,28H,12-13H2,1-3H3,(H,25,29). The van der Waals surface area contributed by atoms with E-state index in [-0.39, 0.29) is 23.0 Å². The van der Waals surface area contributed by atoms with Gasteiger partial charge in [0, 0.05) is 50.4 Å². The predicted molar refractivity (Wildman–Crippen MR) is 124 cm³/mol. The molecule has 0 saturated carbocycles. The van der Waals surface area contributed by atoms with Crippen LogP contribution in [0.15, 0.2) is 59.5 Å². The SMILES string of the molecule is CN(C)S(=O)(=O)c1ccc2c(c1)nc(CCC(=O)Nc1ccc(O)c3ccccc13)n2C. The van der Waals surface area contributed by atoms with Crippen LogP contribution in [-0.2, 0) is 28.3 Å². The van der Waals surface area contributed by atoms with Gasteiger partial charge in [-0.25, -0.2) is 17.7 Å². The van der Waals surface area contributed by atoms with Gasteiger partial charge in [-0.3, -0.25) is 4.79 Å². The van der Waals surface area contributed by atoms with E-state index in [1.807, 2.05) is 29.8 Å². The van der Waals surface area contributed by atoms with Crippen molar-refractivity contribution in [2.24, 2.45) is 7.05 Å². The van der Waals surface area contributed by atoms with Gasteiger partial charge in [-0.15, -0.1) is 0 Å². The first-order valence-electron chi connectivity index (χ1n) is 10.1. The van der Waals surface area contributed by atoms with Crippen LogP contribution in [0.1, 0.15) is 12.2 Å². The number of fused-ring (bicyclic) bond motifs is 2. The number of anilines is 1. The molecule has 1 aromatic heterocycles. The van der Waals surface area contributed by atoms with Crippen LogP contribution in [0.4, 0.5) is 5.69 Å². The van der Waals surface area contributed by atoms with Crippen molar-refractivity contribution in [1.29, 1.82) is 0 Å². The molecule has 1 amide bonds. The summed E-state index contributed by atoms with van der Waals surface area (Å²) in [6, 6.07) is 15.4. The van der Waals surface area contributed by atoms with Crippen molar-refractivity contribution in [3.63, 3.8) is 0 Å². The van der Waals surface area contributed by atoms with Crippen molar-refractivity contribution in [2.45, 2.75) is 17.7 Å². The van der Waals surface area contributed by atoms with Crippen molar-refractivity contribution >= 4 is 43.4 Å². The van der Waals surface area contributed by atoms with Gasteiger partial charge in [0.05, 0.1) is 15.9 Å². The van der Waals surface area contributed by atoms with E-state index in [9.17, 15) is 18.3 Å². The molecule has 0 bridgehead atoms. The third-order valence-corrected chi connectivity index (χ3v) is 7.29. The predicted octanol–water partition coefficient (Wildman–Crippen LogP) is 3.25. The third kappa shape index (κ3) is 3.92. The molecule has 0 saturated heterocycles. The van der Waals surface area contributed by atoms with E-state index in [0.717, 1.165) is 15.2 Å². The molecule has 8 nitrogen and oxygen atoms in total. The van der Waals surface area contributed by atoms with E-state index >= 15 is 0 Å². The summed E-state index contributed by atoms with van der Waals surface area (Å²) >= 11 is 0. The summed E-state index contributed by atoms with van der Waals surface area (Å²) in [6.45, 7) is 0. The number of nitrogens with one attached hydrogen (secondary N) is 1. The first kappa shape index (κ1) is 21.8. The number of rotatable bonds is 6. The summed E-state index contributed by atoms with van der Waals surface area (Å²) in [6.07, 6.45) is 0.595. The highest BCUT2D eigenvalue weighted by Gasteiger charge is 2.19. The molecule has 3 aromatic carbocycles. The lowest BCUT2D eigenvalue weighted by Gasteiger charge is -2.11. The summed E-state index contributed by atoms with van der Waals surface area (Å²) in [5.74, 6) is 0.669. The van der Waals surface area contributed by atoms with Crippen LogP contribution in [0.2, 0.25) is 0 Å². The summed E-state index contributed by atoms with van der Waals surface area (Å²) in [4.78, 5) is 17.3. The molecule has 166 valence electrons. The van der Waals surface area contributed by atoms with Crippen LogP contribution in [0.25, 0.3) is 21.8 Å². The monoisotopic (exact) mass is 452 g/mol. The number of aryl methyl sites for hydroxylation is 2. The molecule has 0 radical (unpaired) electrons. The molecule has 0 aliphatic heterocycles. The smallest absolute Gasteiger partial charge is 0.242 e. The minimum absolute atomic E-state index is 0.161. The maximum Gasteiger partial charge on any atom is 0.242 e. The van der Waals surface area contributed by atoms with Crippen molar-refractivity contribution in [1.82, 2.24) is 13.9 Å². The summed E-state index contributed by atoms with van der Waals surface area (Å²) in [5.41, 5.74) is 1.99. The molecule has 0 atom stereocenters. The Labute approximate surface area is 186 Å². The Balaban J connectivity index is 1.53. The number of amides is 1. The molecule has 4 aromatic rings. The van der Waals surface area contributed by atoms with Gasteiger partial charge in [0.15, 0.2) is 0 Å². The zero-order valence-corrected chi connectivity index (χ0v) is 18.8. The van der Waals surface area contributed by atoms with Crippen molar-refractivity contribution in [3.8, 4) is 5.75 Å². The van der Waals surface area contributed by atoms with Crippen LogP contribution >= 0.6 is 0 Å². The van der Waals surface area contributed by atoms with Gasteiger partial charge in [0.1, 0.15) is 11.6 Å². The van der Waals surface area contributed by atoms with E-state index in [2.05, 4.69) is 10.3 Å². The second kappa shape index (κ2) is 8.25. The second-order valence-electron chi connectivity index (χ2n) is 7.75. The Kier molecular flexibility index (Phi) is 5.62. The van der Waals surface area contributed by atoms with Crippen LogP contribution in [-0.4, -0.2) is 47.4 Å². The van der Waals surface area contributed by atoms with Crippen molar-refractivity contribution in [3.05, 3.63) is 60.4 Å². The minimum Gasteiger partial charge on any atom is -0.507 e. The van der Waals surface area contributed by atoms with E-state index < -0.39 is 10.0 Å². The van der Waals surface area contributed by atoms with Crippen molar-refractivity contribution < 1.29 is 18.3 Å². The molecule has 0 aliphatic carbocycles. The Morgan fingerprint density at radius 2 is 1.81 bits per heavy atom. The quantitative estimate of drug-likeness (QED) is 0.437. The fourth-order valence-electron chi connectivity index (χ4n) is 3.65. The molecule has 0 spiro atoms. The van der Waals surface area contributed by atoms with E-state index in [1.165, 1.54) is 14.1 Å². The van der Waals surface area contributed by atoms with Gasteiger partial charge in [-0.1, -0.05) is 24.3 Å². The molecule has 2 N–H and O–H groups in total. The number of phenols is 1. The summed E-state index contributed by atoms with van der Waals surface area (Å²) in [5, 5.41) is 14.4. The molecule has 0 aliphatic rings. The van der Waals surface area contributed by atoms with Crippen LogP contribution in [0.3, 0.4) is 0 Å². The Bertz CT molecular complexity index is 1440. The highest BCUT2D eigenvalue weighted by molar-refractivity contribution is 7.89. The van der Waals surface area contributed by atoms with E-state index in [4.69, 9.17) is 0 Å². The van der Waals surface area contributed by atoms with Gasteiger partial charge in [0.2, 0.25) is 15.9 Å². The maximum atomic E-state index is 12.6. The third-order valence-electron chi connectivity index (χ3n) is 5.47. The number of hydrogen-bond donors (Lipinski definition) is 2. The number of sulfonamides is 1. The molecular weight excluding hydrogens is 428 g/mol. The Morgan fingerprint density at radius 1 is 1.09 bits per heavy atom. The summed E-state index contributed by atoms with van der Waals surface area (Å²) < 4.78 is 27.8. The lowest BCUT2D eigenvalue weighted by molar-refractivity contribution is -0.116. The average molecular weight is 453 g/mol. The topological polar surface area (TPSA) is 105 Å². The number of carbonyl (C=O) groups is 1. The second-order valence-corrected chi connectivity index (χ2v) is 9.90. The molecule has 9 heteroatoms. The Hall–Kier alpha value is -3.43. The number of carbonyl (C=O) groups excluding carboxylic acids is 1. The highest BCUT2D eigenvalue weighted by atomic mass is 32.2. The van der Waals surface area contributed by atoms with Gasteiger partial charge < -0.3 is 15.0 Å². The van der Waals surface area contributed by atoms with Gasteiger partial charge >= 0.3 is 0 Å². The average Bonchev–Trinajstić information content (AvgIpc) is 3.09. The van der Waals surface area contributed by atoms with Gasteiger partial charge in [-0.2, -0.15) is 0 Å². The first-order valence-corrected chi connectivity index (χ1v) is 11.5. The fourth-order valence-corrected chi connectivity index (χ4v) is 4.58. The van der Waals surface area contributed by atoms with Crippen molar-refractivity contribution in [2.75, 3.05) is 19.4 Å². The van der Waals surface area contributed by atoms with Crippen LogP contribution < -0.4 is 5.32 Å². The van der Waals surface area contributed by atoms with E-state index in [0.29, 0.717) is 28.8 Å². The maximum absolute atomic E-state index is 12.6. The molecule has 0 unspecified atom stereocenters. The van der Waals surface area contributed by atoms with Crippen LogP contribution in [0, 0.1) is 0 Å². The molecule has 32 heavy (non-hydrogen) atoms. The zero-order chi connectivity index (χ0) is 23.0. The number of imidazole rings is 1. The number of benzene rings is 3. The number of hydrogen-bond acceptors (Lipinski definition) is 5. The highest BCUT2D eigenvalue weighted by Crippen LogP contribution is 2.30. The largest absolute Gasteiger partial charge is 0.507 e. The zero-order valence-electron chi connectivity index (χ0n) is 18.0. The summed E-state index contributed by atoms with van der Waals surface area (Å²) in [7, 11) is 1.26. The van der Waals surface area contributed by atoms with Gasteiger partial charge in [-0.05, 0) is 30.3 Å². The number of nitrogens with zero attached hydrogens (tertiary/aromatic N) is 3. The number of aromatic hydroxyl groups is 1. The number of aromatic nitrogens is 2. The van der Waals surface area contributed by atoms with Crippen LogP contribution in [0.5, 0.6) is 5.75 Å². The number of phenolic OH excluding ortho intramolecular Hbond substituents is 1. The van der Waals surface area contributed by atoms with E-state index in [1.54, 1.807) is 36.4 Å². The Morgan fingerprint density at radius 3 is 2.53 bits per heavy atom. The minimum atomic E-state index is -3.55. The first-order chi connectivity index (χ1) is 15.2. The molecular formula is C23H24N4O4S. The molecule has 4 rings (SSSR count). The normalized spacial score (nSPS) is 12.0. The fraction of sp³-hybridized carbons (Fsp3) is 0.217. The molecule has 1 heterocycles. The lowest BCUT2D eigenvalue weighted by atomic mass is 10.1.